The molecular formula is C31H30N2O5. The molecule has 5 aromatic rings. The second-order valence-corrected chi connectivity index (χ2v) is 8.01. The number of fused-ring (bicyclic) bond motifs is 2. The SMILES string of the molecule is CC.COc1cccc(C(=O)Nc2cccc3cc(Oc4ccnc5cc(OC)c(OC)cc45)ccc23)c1. The molecule has 0 fully saturated rings. The minimum atomic E-state index is -0.214. The first kappa shape index (κ1) is 26.3. The summed E-state index contributed by atoms with van der Waals surface area (Å²) in [6.45, 7) is 4.00. The zero-order valence-corrected chi connectivity index (χ0v) is 22.1. The quantitative estimate of drug-likeness (QED) is 0.244. The van der Waals surface area contributed by atoms with Crippen LogP contribution in [0.5, 0.6) is 28.7 Å². The van der Waals surface area contributed by atoms with E-state index in [1.165, 1.54) is 0 Å². The van der Waals surface area contributed by atoms with E-state index < -0.39 is 0 Å². The first-order valence-electron chi connectivity index (χ1n) is 12.3. The van der Waals surface area contributed by atoms with E-state index >= 15 is 0 Å². The van der Waals surface area contributed by atoms with Gasteiger partial charge in [-0.2, -0.15) is 0 Å². The van der Waals surface area contributed by atoms with E-state index in [0.29, 0.717) is 40.0 Å². The van der Waals surface area contributed by atoms with Crippen LogP contribution in [-0.2, 0) is 0 Å². The first-order valence-corrected chi connectivity index (χ1v) is 12.3. The number of pyridine rings is 1. The van der Waals surface area contributed by atoms with Crippen LogP contribution in [0.25, 0.3) is 21.7 Å². The average Bonchev–Trinajstić information content (AvgIpc) is 2.97. The van der Waals surface area contributed by atoms with Gasteiger partial charge in [-0.15, -0.1) is 0 Å². The number of aromatic nitrogens is 1. The third-order valence-corrected chi connectivity index (χ3v) is 5.87. The van der Waals surface area contributed by atoms with Crippen LogP contribution >= 0.6 is 0 Å². The molecule has 0 aliphatic carbocycles. The third kappa shape index (κ3) is 5.47. The highest BCUT2D eigenvalue weighted by molar-refractivity contribution is 6.09. The topological polar surface area (TPSA) is 78.9 Å². The Morgan fingerprint density at radius 1 is 0.711 bits per heavy atom. The van der Waals surface area contributed by atoms with Crippen molar-refractivity contribution in [3.05, 3.63) is 90.6 Å². The van der Waals surface area contributed by atoms with Gasteiger partial charge in [0.1, 0.15) is 17.2 Å². The Morgan fingerprint density at radius 2 is 1.47 bits per heavy atom. The maximum Gasteiger partial charge on any atom is 0.255 e. The van der Waals surface area contributed by atoms with Crippen LogP contribution in [0.2, 0.25) is 0 Å². The number of hydrogen-bond donors (Lipinski definition) is 1. The molecule has 0 aliphatic heterocycles. The van der Waals surface area contributed by atoms with Crippen molar-refractivity contribution in [3.63, 3.8) is 0 Å². The van der Waals surface area contributed by atoms with Gasteiger partial charge in [0.25, 0.3) is 5.91 Å². The van der Waals surface area contributed by atoms with Gasteiger partial charge in [0.15, 0.2) is 11.5 Å². The number of nitrogens with one attached hydrogen (secondary N) is 1. The van der Waals surface area contributed by atoms with Crippen molar-refractivity contribution in [3.8, 4) is 28.7 Å². The Labute approximate surface area is 221 Å². The maximum atomic E-state index is 12.8. The molecule has 7 heteroatoms. The van der Waals surface area contributed by atoms with Crippen molar-refractivity contribution in [2.24, 2.45) is 0 Å². The zero-order valence-electron chi connectivity index (χ0n) is 22.1. The van der Waals surface area contributed by atoms with Crippen molar-refractivity contribution in [1.29, 1.82) is 0 Å². The third-order valence-electron chi connectivity index (χ3n) is 5.87. The minimum Gasteiger partial charge on any atom is -0.497 e. The van der Waals surface area contributed by atoms with Crippen molar-refractivity contribution in [2.45, 2.75) is 13.8 Å². The van der Waals surface area contributed by atoms with Crippen molar-refractivity contribution in [2.75, 3.05) is 26.6 Å². The summed E-state index contributed by atoms with van der Waals surface area (Å²) in [7, 11) is 4.75. The lowest BCUT2D eigenvalue weighted by atomic mass is 10.1. The van der Waals surface area contributed by atoms with E-state index in [1.54, 1.807) is 51.8 Å². The highest BCUT2D eigenvalue weighted by atomic mass is 16.5. The van der Waals surface area contributed by atoms with E-state index in [4.69, 9.17) is 18.9 Å². The van der Waals surface area contributed by atoms with Gasteiger partial charge < -0.3 is 24.3 Å². The minimum absolute atomic E-state index is 0.214. The second kappa shape index (κ2) is 12.0. The highest BCUT2D eigenvalue weighted by Crippen LogP contribution is 2.37. The molecule has 194 valence electrons. The average molecular weight is 511 g/mol. The number of methoxy groups -OCH3 is 3. The van der Waals surface area contributed by atoms with Gasteiger partial charge in [-0.1, -0.05) is 32.0 Å². The maximum absolute atomic E-state index is 12.8. The van der Waals surface area contributed by atoms with Gasteiger partial charge in [0.2, 0.25) is 0 Å². The summed E-state index contributed by atoms with van der Waals surface area (Å²) in [5.41, 5.74) is 1.95. The fourth-order valence-corrected chi connectivity index (χ4v) is 4.06. The standard InChI is InChI=1S/C29H24N2O5.C2H6/c1-33-20-8-4-7-19(15-20)29(32)31-24-9-5-6-18-14-21(10-11-22(18)24)36-26-12-13-30-25-17-28(35-3)27(34-2)16-23(25)26;1-2/h4-17H,1-3H3,(H,31,32);1-2H3. The van der Waals surface area contributed by atoms with Crippen molar-refractivity contribution < 1.29 is 23.7 Å². The Morgan fingerprint density at radius 3 is 2.24 bits per heavy atom. The molecule has 0 atom stereocenters. The Bertz CT molecular complexity index is 1580. The Hall–Kier alpha value is -4.78. The summed E-state index contributed by atoms with van der Waals surface area (Å²) in [5, 5.41) is 5.62. The molecule has 1 heterocycles. The summed E-state index contributed by atoms with van der Waals surface area (Å²) in [6.07, 6.45) is 1.69. The number of benzene rings is 4. The molecule has 7 nitrogen and oxygen atoms in total. The number of carbonyl (C=O) groups excluding carboxylic acids is 1. The molecular weight excluding hydrogens is 480 g/mol. The number of hydrogen-bond acceptors (Lipinski definition) is 6. The van der Waals surface area contributed by atoms with E-state index in [2.05, 4.69) is 10.3 Å². The van der Waals surface area contributed by atoms with E-state index in [1.807, 2.05) is 68.4 Å². The van der Waals surface area contributed by atoms with Gasteiger partial charge >= 0.3 is 0 Å². The molecule has 0 aliphatic rings. The van der Waals surface area contributed by atoms with Crippen LogP contribution in [-0.4, -0.2) is 32.2 Å². The molecule has 0 unspecified atom stereocenters. The number of carbonyl (C=O) groups is 1. The Kier molecular flexibility index (Phi) is 8.28. The fourth-order valence-electron chi connectivity index (χ4n) is 4.06. The van der Waals surface area contributed by atoms with Crippen LogP contribution in [0.15, 0.2) is 85.1 Å². The molecule has 5 rings (SSSR count). The summed E-state index contributed by atoms with van der Waals surface area (Å²) >= 11 is 0. The fraction of sp³-hybridized carbons (Fsp3) is 0.161. The van der Waals surface area contributed by atoms with Crippen LogP contribution in [0.4, 0.5) is 5.69 Å². The molecule has 0 radical (unpaired) electrons. The number of nitrogens with zero attached hydrogens (tertiary/aromatic N) is 1. The van der Waals surface area contributed by atoms with Crippen molar-refractivity contribution in [1.82, 2.24) is 4.98 Å². The lowest BCUT2D eigenvalue weighted by molar-refractivity contribution is 0.102. The smallest absolute Gasteiger partial charge is 0.255 e. The summed E-state index contributed by atoms with van der Waals surface area (Å²) in [4.78, 5) is 17.3. The normalized spacial score (nSPS) is 10.3. The Balaban J connectivity index is 0.00000164. The molecule has 1 N–H and O–H groups in total. The monoisotopic (exact) mass is 510 g/mol. The number of rotatable bonds is 7. The molecule has 38 heavy (non-hydrogen) atoms. The van der Waals surface area contributed by atoms with Gasteiger partial charge in [-0.05, 0) is 60.0 Å². The summed E-state index contributed by atoms with van der Waals surface area (Å²) in [6, 6.07) is 24.0. The van der Waals surface area contributed by atoms with Crippen LogP contribution in [0.1, 0.15) is 24.2 Å². The molecule has 0 bridgehead atoms. The van der Waals surface area contributed by atoms with Crippen LogP contribution < -0.4 is 24.3 Å². The zero-order chi connectivity index (χ0) is 27.1. The number of ether oxygens (including phenoxy) is 4. The van der Waals surface area contributed by atoms with Gasteiger partial charge in [0, 0.05) is 34.3 Å². The van der Waals surface area contributed by atoms with Crippen LogP contribution in [0.3, 0.4) is 0 Å². The lowest BCUT2D eigenvalue weighted by Crippen LogP contribution is -2.12. The molecule has 0 saturated carbocycles. The first-order chi connectivity index (χ1) is 18.6. The molecule has 0 spiro atoms. The lowest BCUT2D eigenvalue weighted by Gasteiger charge is -2.13. The molecule has 4 aromatic carbocycles. The van der Waals surface area contributed by atoms with Crippen LogP contribution in [0, 0.1) is 0 Å². The largest absolute Gasteiger partial charge is 0.497 e. The van der Waals surface area contributed by atoms with E-state index in [9.17, 15) is 4.79 Å². The summed E-state index contributed by atoms with van der Waals surface area (Å²) in [5.74, 6) is 2.90. The highest BCUT2D eigenvalue weighted by Gasteiger charge is 2.13. The van der Waals surface area contributed by atoms with Gasteiger partial charge in [0.05, 0.1) is 26.8 Å². The number of amides is 1. The predicted octanol–water partition coefficient (Wildman–Crippen LogP) is 7.48. The van der Waals surface area contributed by atoms with E-state index in [0.717, 1.165) is 21.7 Å². The molecule has 0 saturated heterocycles. The number of anilines is 1. The summed E-state index contributed by atoms with van der Waals surface area (Å²) < 4.78 is 22.3. The second-order valence-electron chi connectivity index (χ2n) is 8.01. The van der Waals surface area contributed by atoms with Gasteiger partial charge in [-0.3, -0.25) is 9.78 Å². The van der Waals surface area contributed by atoms with Gasteiger partial charge in [-0.25, -0.2) is 0 Å². The molecule has 1 aromatic heterocycles. The van der Waals surface area contributed by atoms with Crippen molar-refractivity contribution >= 4 is 33.3 Å². The van der Waals surface area contributed by atoms with E-state index in [-0.39, 0.29) is 5.91 Å². The molecule has 1 amide bonds. The predicted molar refractivity (Wildman–Crippen MR) is 151 cm³/mol.